The van der Waals surface area contributed by atoms with Gasteiger partial charge in [0.1, 0.15) is 12.4 Å². The van der Waals surface area contributed by atoms with Crippen LogP contribution in [0.15, 0.2) is 54.7 Å². The van der Waals surface area contributed by atoms with Crippen LogP contribution in [0.4, 0.5) is 0 Å². The molecule has 0 unspecified atom stereocenters. The van der Waals surface area contributed by atoms with E-state index in [9.17, 15) is 4.79 Å². The van der Waals surface area contributed by atoms with Gasteiger partial charge in [0.2, 0.25) is 5.91 Å². The van der Waals surface area contributed by atoms with Crippen LogP contribution in [0.25, 0.3) is 0 Å². The Morgan fingerprint density at radius 3 is 2.50 bits per heavy atom. The number of hydrogen-bond acceptors (Lipinski definition) is 4. The lowest BCUT2D eigenvalue weighted by Gasteiger charge is -2.32. The molecule has 0 radical (unpaired) electrons. The molecule has 1 aliphatic heterocycles. The van der Waals surface area contributed by atoms with Gasteiger partial charge < -0.3 is 10.1 Å². The van der Waals surface area contributed by atoms with E-state index in [0.717, 1.165) is 43.9 Å². The lowest BCUT2D eigenvalue weighted by atomic mass is 9.93. The van der Waals surface area contributed by atoms with Gasteiger partial charge in [-0.25, -0.2) is 0 Å². The number of aromatic nitrogens is 1. The normalized spacial score (nSPS) is 16.7. The van der Waals surface area contributed by atoms with Crippen LogP contribution in [-0.2, 0) is 4.79 Å². The summed E-state index contributed by atoms with van der Waals surface area (Å²) in [6.45, 7) is 7.68. The Bertz CT molecular complexity index is 713. The maximum absolute atomic E-state index is 12.8. The first-order valence-electron chi connectivity index (χ1n) is 10.2. The van der Waals surface area contributed by atoms with E-state index in [2.05, 4.69) is 29.0 Å². The Morgan fingerprint density at radius 1 is 1.14 bits per heavy atom. The van der Waals surface area contributed by atoms with E-state index in [1.165, 1.54) is 0 Å². The summed E-state index contributed by atoms with van der Waals surface area (Å²) >= 11 is 0. The Morgan fingerprint density at radius 2 is 1.86 bits per heavy atom. The predicted molar refractivity (Wildman–Crippen MR) is 111 cm³/mol. The molecule has 5 heteroatoms. The van der Waals surface area contributed by atoms with Gasteiger partial charge in [0.05, 0.1) is 11.7 Å². The van der Waals surface area contributed by atoms with Crippen LogP contribution >= 0.6 is 0 Å². The van der Waals surface area contributed by atoms with Crippen LogP contribution in [-0.4, -0.2) is 42.0 Å². The quantitative estimate of drug-likeness (QED) is 0.758. The number of para-hydroxylation sites is 1. The molecular formula is C23H31N3O2. The number of ether oxygens (including phenoxy) is 1. The maximum Gasteiger partial charge on any atom is 0.223 e. The van der Waals surface area contributed by atoms with Crippen molar-refractivity contribution in [1.29, 1.82) is 0 Å². The second kappa shape index (κ2) is 10.2. The summed E-state index contributed by atoms with van der Waals surface area (Å²) in [5.41, 5.74) is 0.932. The van der Waals surface area contributed by atoms with Gasteiger partial charge in [-0.15, -0.1) is 0 Å². The molecule has 1 aromatic carbocycles. The molecule has 1 saturated heterocycles. The highest BCUT2D eigenvalue weighted by atomic mass is 16.5. The Kier molecular flexibility index (Phi) is 7.43. The van der Waals surface area contributed by atoms with Crippen molar-refractivity contribution in [3.63, 3.8) is 0 Å². The Balaban J connectivity index is 1.43. The fourth-order valence-corrected chi connectivity index (χ4v) is 3.64. The molecule has 1 N–H and O–H groups in total. The number of carbonyl (C=O) groups is 1. The second-order valence-corrected chi connectivity index (χ2v) is 7.76. The van der Waals surface area contributed by atoms with E-state index in [1.807, 2.05) is 48.5 Å². The van der Waals surface area contributed by atoms with Crippen LogP contribution < -0.4 is 10.1 Å². The Hall–Kier alpha value is -2.40. The van der Waals surface area contributed by atoms with E-state index < -0.39 is 0 Å². The molecule has 2 heterocycles. The molecule has 28 heavy (non-hydrogen) atoms. The number of carbonyl (C=O) groups excluding carboxylic acids is 1. The molecule has 5 nitrogen and oxygen atoms in total. The van der Waals surface area contributed by atoms with Gasteiger partial charge in [0, 0.05) is 18.7 Å². The topological polar surface area (TPSA) is 54.5 Å². The number of likely N-dealkylation sites (tertiary alicyclic amines) is 1. The molecule has 1 fully saturated rings. The highest BCUT2D eigenvalue weighted by Gasteiger charge is 2.28. The van der Waals surface area contributed by atoms with Crippen LogP contribution in [0, 0.1) is 11.8 Å². The monoisotopic (exact) mass is 381 g/mol. The van der Waals surface area contributed by atoms with Crippen LogP contribution in [0.1, 0.15) is 38.4 Å². The lowest BCUT2D eigenvalue weighted by Crippen LogP contribution is -2.43. The second-order valence-electron chi connectivity index (χ2n) is 7.76. The summed E-state index contributed by atoms with van der Waals surface area (Å²) < 4.78 is 5.78. The SMILES string of the molecule is CC(C)[C@H](NC(=O)C1CCN(CCOc2ccccc2)CC1)c1ccccn1. The number of rotatable bonds is 8. The van der Waals surface area contributed by atoms with Crippen molar-refractivity contribution in [3.05, 3.63) is 60.4 Å². The molecule has 1 amide bonds. The van der Waals surface area contributed by atoms with Gasteiger partial charge >= 0.3 is 0 Å². The summed E-state index contributed by atoms with van der Waals surface area (Å²) in [7, 11) is 0. The van der Waals surface area contributed by atoms with Crippen LogP contribution in [0.3, 0.4) is 0 Å². The summed E-state index contributed by atoms with van der Waals surface area (Å²) in [5.74, 6) is 1.45. The van der Waals surface area contributed by atoms with Crippen molar-refractivity contribution in [3.8, 4) is 5.75 Å². The Labute approximate surface area is 168 Å². The third kappa shape index (κ3) is 5.80. The number of piperidine rings is 1. The first-order chi connectivity index (χ1) is 13.6. The van der Waals surface area contributed by atoms with E-state index in [1.54, 1.807) is 6.20 Å². The third-order valence-corrected chi connectivity index (χ3v) is 5.35. The average molecular weight is 382 g/mol. The fraction of sp³-hybridized carbons (Fsp3) is 0.478. The minimum Gasteiger partial charge on any atom is -0.492 e. The molecule has 2 aromatic rings. The zero-order chi connectivity index (χ0) is 19.8. The fourth-order valence-electron chi connectivity index (χ4n) is 3.64. The van der Waals surface area contributed by atoms with Crippen LogP contribution in [0.5, 0.6) is 5.75 Å². The van der Waals surface area contributed by atoms with Crippen molar-refractivity contribution in [1.82, 2.24) is 15.2 Å². The smallest absolute Gasteiger partial charge is 0.223 e. The number of hydrogen-bond donors (Lipinski definition) is 1. The first kappa shape index (κ1) is 20.3. The molecule has 0 aliphatic carbocycles. The molecule has 0 saturated carbocycles. The number of benzene rings is 1. The molecule has 1 aliphatic rings. The van der Waals surface area contributed by atoms with Gasteiger partial charge in [-0.2, -0.15) is 0 Å². The van der Waals surface area contributed by atoms with Crippen LogP contribution in [0.2, 0.25) is 0 Å². The highest BCUT2D eigenvalue weighted by molar-refractivity contribution is 5.79. The molecule has 150 valence electrons. The van der Waals surface area contributed by atoms with Gasteiger partial charge in [-0.05, 0) is 56.1 Å². The number of nitrogens with zero attached hydrogens (tertiary/aromatic N) is 2. The zero-order valence-corrected chi connectivity index (χ0v) is 16.9. The third-order valence-electron chi connectivity index (χ3n) is 5.35. The molecule has 1 atom stereocenters. The summed E-state index contributed by atoms with van der Waals surface area (Å²) in [6.07, 6.45) is 3.57. The number of amides is 1. The molecule has 0 bridgehead atoms. The van der Waals surface area contributed by atoms with E-state index >= 15 is 0 Å². The minimum absolute atomic E-state index is 0.0361. The van der Waals surface area contributed by atoms with E-state index in [4.69, 9.17) is 4.74 Å². The van der Waals surface area contributed by atoms with Gasteiger partial charge in [-0.1, -0.05) is 38.1 Å². The lowest BCUT2D eigenvalue weighted by molar-refractivity contribution is -0.127. The van der Waals surface area contributed by atoms with Gasteiger partial charge in [-0.3, -0.25) is 14.7 Å². The highest BCUT2D eigenvalue weighted by Crippen LogP contribution is 2.23. The summed E-state index contributed by atoms with van der Waals surface area (Å²) in [4.78, 5) is 19.6. The van der Waals surface area contributed by atoms with Crippen molar-refractivity contribution in [2.75, 3.05) is 26.2 Å². The predicted octanol–water partition coefficient (Wildman–Crippen LogP) is 3.69. The molecule has 0 spiro atoms. The van der Waals surface area contributed by atoms with Crippen molar-refractivity contribution in [2.45, 2.75) is 32.7 Å². The molecule has 3 rings (SSSR count). The standard InChI is InChI=1S/C23H31N3O2/c1-18(2)22(21-10-6-7-13-24-21)25-23(27)19-11-14-26(15-12-19)16-17-28-20-8-4-3-5-9-20/h3-10,13,18-19,22H,11-12,14-17H2,1-2H3,(H,25,27)/t22-/m0/s1. The largest absolute Gasteiger partial charge is 0.492 e. The summed E-state index contributed by atoms with van der Waals surface area (Å²) in [6, 6.07) is 15.7. The molecule has 1 aromatic heterocycles. The first-order valence-corrected chi connectivity index (χ1v) is 10.2. The maximum atomic E-state index is 12.8. The van der Waals surface area contributed by atoms with E-state index in [0.29, 0.717) is 12.5 Å². The number of pyridine rings is 1. The number of nitrogens with one attached hydrogen (secondary N) is 1. The minimum atomic E-state index is -0.0361. The van der Waals surface area contributed by atoms with Crippen molar-refractivity contribution < 1.29 is 9.53 Å². The summed E-state index contributed by atoms with van der Waals surface area (Å²) in [5, 5.41) is 3.24. The zero-order valence-electron chi connectivity index (χ0n) is 16.9. The average Bonchev–Trinajstić information content (AvgIpc) is 2.73. The molecular weight excluding hydrogens is 350 g/mol. The van der Waals surface area contributed by atoms with Gasteiger partial charge in [0.25, 0.3) is 0 Å². The van der Waals surface area contributed by atoms with E-state index in [-0.39, 0.29) is 17.9 Å². The van der Waals surface area contributed by atoms with Gasteiger partial charge in [0.15, 0.2) is 0 Å². The van der Waals surface area contributed by atoms with Crippen molar-refractivity contribution >= 4 is 5.91 Å². The van der Waals surface area contributed by atoms with Crippen molar-refractivity contribution in [2.24, 2.45) is 11.8 Å².